The maximum Gasteiger partial charge on any atom is 0.156 e. The number of nitrogens with zero attached hydrogens (tertiary/aromatic N) is 2. The number of hydrogen-bond donors (Lipinski definition) is 0. The quantitative estimate of drug-likeness (QED) is 0.165. The van der Waals surface area contributed by atoms with Crippen molar-refractivity contribution < 1.29 is 0 Å². The third kappa shape index (κ3) is 5.26. The van der Waals surface area contributed by atoms with E-state index in [1.807, 2.05) is 0 Å². The topological polar surface area (TPSA) is 25.8 Å². The van der Waals surface area contributed by atoms with Gasteiger partial charge in [0.2, 0.25) is 0 Å². The first-order chi connectivity index (χ1) is 31.5. The molecule has 8 aromatic carbocycles. The maximum absolute atomic E-state index is 5.51. The van der Waals surface area contributed by atoms with Crippen molar-refractivity contribution in [2.45, 2.75) is 50.4 Å². The van der Waals surface area contributed by atoms with Gasteiger partial charge < -0.3 is 0 Å². The molecule has 0 radical (unpaired) electrons. The zero-order valence-electron chi connectivity index (χ0n) is 36.2. The Morgan fingerprint density at radius 1 is 0.453 bits per heavy atom. The van der Waals surface area contributed by atoms with E-state index in [4.69, 9.17) is 9.97 Å². The lowest BCUT2D eigenvalue weighted by Crippen LogP contribution is -2.40. The van der Waals surface area contributed by atoms with Crippen molar-refractivity contribution in [2.75, 3.05) is 0 Å². The molecule has 2 nitrogen and oxygen atoms in total. The lowest BCUT2D eigenvalue weighted by Gasteiger charge is -2.46. The number of rotatable bonds is 4. The summed E-state index contributed by atoms with van der Waals surface area (Å²) in [5.41, 5.74) is 20.4. The average molecular weight is 819 g/mol. The van der Waals surface area contributed by atoms with Crippen molar-refractivity contribution in [1.29, 1.82) is 0 Å². The Morgan fingerprint density at radius 2 is 1.11 bits per heavy atom. The molecular formula is C62H46N2. The SMILES string of the molecule is CC1(C)c2ccccc2C2(c3ccc(-c4ccc5c(c4)c4c(c6ccccc65)C=CCC4)cc3-c3c(-c4cc(-c5ccccc5)nc(C5=CC=CCC5)n4)cccc32)c2ccccc21. The smallest absolute Gasteiger partial charge is 0.156 e. The fraction of sp³-hybridized carbons (Fsp3) is 0.129. The number of fused-ring (bicyclic) bond motifs is 15. The summed E-state index contributed by atoms with van der Waals surface area (Å²) in [4.78, 5) is 10.8. The van der Waals surface area contributed by atoms with E-state index >= 15 is 0 Å². The van der Waals surface area contributed by atoms with Crippen LogP contribution < -0.4 is 0 Å². The van der Waals surface area contributed by atoms with Crippen molar-refractivity contribution in [3.8, 4) is 44.8 Å². The molecule has 1 spiro atoms. The van der Waals surface area contributed by atoms with Gasteiger partial charge in [0.15, 0.2) is 5.82 Å². The second kappa shape index (κ2) is 14.0. The summed E-state index contributed by atoms with van der Waals surface area (Å²) in [6, 6.07) is 61.7. The monoisotopic (exact) mass is 818 g/mol. The van der Waals surface area contributed by atoms with Crippen LogP contribution in [0.25, 0.3) is 78.0 Å². The Balaban J connectivity index is 1.11. The standard InChI is InChI=1S/C62H46N2/c1-61(2)52-27-13-15-29-54(52)62(55-30-16-14-28-53(55)61)51-35-33-42(41-32-34-47-45-24-10-9-22-43(45)44-23-11-12-25-46(44)49(47)36-41)37-50(51)59-48(26-17-31-56(59)62)58-38-57(39-18-5-3-6-19-39)63-60(64-58)40-20-7-4-8-21-40/h3-7,9-11,13-20,22-24,26-38H,8,12,21,25H2,1-2H3. The molecule has 4 aliphatic carbocycles. The molecule has 4 aliphatic rings. The third-order valence-electron chi connectivity index (χ3n) is 14.9. The van der Waals surface area contributed by atoms with Gasteiger partial charge in [-0.25, -0.2) is 9.97 Å². The first-order valence-corrected chi connectivity index (χ1v) is 22.9. The predicted octanol–water partition coefficient (Wildman–Crippen LogP) is 15.5. The van der Waals surface area contributed by atoms with Crippen molar-refractivity contribution in [2.24, 2.45) is 0 Å². The molecule has 304 valence electrons. The van der Waals surface area contributed by atoms with E-state index in [0.717, 1.165) is 54.0 Å². The summed E-state index contributed by atoms with van der Waals surface area (Å²) < 4.78 is 0. The van der Waals surface area contributed by atoms with Gasteiger partial charge in [-0.3, -0.25) is 0 Å². The Labute approximate surface area is 375 Å². The fourth-order valence-corrected chi connectivity index (χ4v) is 12.0. The van der Waals surface area contributed by atoms with Gasteiger partial charge in [0, 0.05) is 16.5 Å². The normalized spacial score (nSPS) is 15.9. The molecule has 0 saturated carbocycles. The van der Waals surface area contributed by atoms with Crippen LogP contribution in [-0.4, -0.2) is 9.97 Å². The average Bonchev–Trinajstić information content (AvgIpc) is 3.66. The van der Waals surface area contributed by atoms with Crippen LogP contribution in [0.5, 0.6) is 0 Å². The summed E-state index contributed by atoms with van der Waals surface area (Å²) in [6.07, 6.45) is 15.3. The third-order valence-corrected chi connectivity index (χ3v) is 14.9. The zero-order chi connectivity index (χ0) is 42.6. The highest BCUT2D eigenvalue weighted by Gasteiger charge is 2.53. The number of benzene rings is 8. The number of allylic oxidation sites excluding steroid dienone is 5. The van der Waals surface area contributed by atoms with Gasteiger partial charge >= 0.3 is 0 Å². The number of aromatic nitrogens is 2. The molecule has 1 aromatic heterocycles. The largest absolute Gasteiger partial charge is 0.228 e. The summed E-state index contributed by atoms with van der Waals surface area (Å²) in [7, 11) is 0. The van der Waals surface area contributed by atoms with E-state index in [9.17, 15) is 0 Å². The van der Waals surface area contributed by atoms with Crippen molar-refractivity contribution in [3.63, 3.8) is 0 Å². The fourth-order valence-electron chi connectivity index (χ4n) is 12.0. The molecule has 9 aromatic rings. The first kappa shape index (κ1) is 37.2. The van der Waals surface area contributed by atoms with Crippen LogP contribution in [0.3, 0.4) is 0 Å². The lowest BCUT2D eigenvalue weighted by molar-refractivity contribution is 0.563. The van der Waals surface area contributed by atoms with Gasteiger partial charge in [-0.1, -0.05) is 190 Å². The van der Waals surface area contributed by atoms with Crippen LogP contribution in [0.4, 0.5) is 0 Å². The molecule has 0 fully saturated rings. The van der Waals surface area contributed by atoms with Crippen molar-refractivity contribution in [3.05, 3.63) is 238 Å². The van der Waals surface area contributed by atoms with Gasteiger partial charge in [-0.2, -0.15) is 0 Å². The van der Waals surface area contributed by atoms with Crippen LogP contribution in [-0.2, 0) is 17.3 Å². The molecule has 0 N–H and O–H groups in total. The summed E-state index contributed by atoms with van der Waals surface area (Å²) in [5.74, 6) is 0.803. The minimum Gasteiger partial charge on any atom is -0.228 e. The molecular weight excluding hydrogens is 773 g/mol. The first-order valence-electron chi connectivity index (χ1n) is 22.9. The molecule has 0 atom stereocenters. The van der Waals surface area contributed by atoms with Gasteiger partial charge in [0.1, 0.15) is 0 Å². The molecule has 2 heteroatoms. The molecule has 0 saturated heterocycles. The predicted molar refractivity (Wildman–Crippen MR) is 266 cm³/mol. The lowest BCUT2D eigenvalue weighted by atomic mass is 9.55. The van der Waals surface area contributed by atoms with E-state index in [-0.39, 0.29) is 5.41 Å². The summed E-state index contributed by atoms with van der Waals surface area (Å²) in [6.45, 7) is 4.79. The Bertz CT molecular complexity index is 3480. The molecule has 1 heterocycles. The Kier molecular flexibility index (Phi) is 8.15. The van der Waals surface area contributed by atoms with Crippen LogP contribution in [0.1, 0.15) is 83.4 Å². The summed E-state index contributed by atoms with van der Waals surface area (Å²) in [5, 5.41) is 5.35. The maximum atomic E-state index is 5.51. The Morgan fingerprint density at radius 3 is 1.89 bits per heavy atom. The molecule has 64 heavy (non-hydrogen) atoms. The van der Waals surface area contributed by atoms with Crippen LogP contribution in [0.2, 0.25) is 0 Å². The molecule has 0 amide bonds. The zero-order valence-corrected chi connectivity index (χ0v) is 36.2. The highest BCUT2D eigenvalue weighted by Crippen LogP contribution is 2.63. The van der Waals surface area contributed by atoms with Crippen LogP contribution in [0.15, 0.2) is 188 Å². The minimum absolute atomic E-state index is 0.184. The highest BCUT2D eigenvalue weighted by molar-refractivity contribution is 6.14. The van der Waals surface area contributed by atoms with E-state index in [1.165, 1.54) is 93.9 Å². The van der Waals surface area contributed by atoms with E-state index in [1.54, 1.807) is 0 Å². The van der Waals surface area contributed by atoms with Gasteiger partial charge in [-0.15, -0.1) is 0 Å². The Hall–Kier alpha value is -7.42. The molecule has 0 aliphatic heterocycles. The highest BCUT2D eigenvalue weighted by atomic mass is 14.9. The van der Waals surface area contributed by atoms with Crippen molar-refractivity contribution >= 4 is 33.2 Å². The van der Waals surface area contributed by atoms with E-state index in [0.29, 0.717) is 0 Å². The van der Waals surface area contributed by atoms with E-state index in [2.05, 4.69) is 208 Å². The number of aryl methyl sites for hydroxylation is 1. The van der Waals surface area contributed by atoms with Gasteiger partial charge in [-0.05, 0) is 138 Å². The van der Waals surface area contributed by atoms with E-state index < -0.39 is 5.41 Å². The molecule has 0 bridgehead atoms. The molecule has 13 rings (SSSR count). The van der Waals surface area contributed by atoms with Crippen LogP contribution in [0, 0.1) is 0 Å². The summed E-state index contributed by atoms with van der Waals surface area (Å²) >= 11 is 0. The second-order valence-electron chi connectivity index (χ2n) is 18.6. The van der Waals surface area contributed by atoms with Gasteiger partial charge in [0.05, 0.1) is 16.8 Å². The van der Waals surface area contributed by atoms with Crippen molar-refractivity contribution in [1.82, 2.24) is 9.97 Å². The minimum atomic E-state index is -0.537. The number of hydrogen-bond acceptors (Lipinski definition) is 2. The molecule has 0 unspecified atom stereocenters. The van der Waals surface area contributed by atoms with Crippen LogP contribution >= 0.6 is 0 Å². The van der Waals surface area contributed by atoms with Gasteiger partial charge in [0.25, 0.3) is 0 Å². The second-order valence-corrected chi connectivity index (χ2v) is 18.6.